The Balaban J connectivity index is 1.70. The molecule has 1 aliphatic carbocycles. The van der Waals surface area contributed by atoms with E-state index in [-0.39, 0.29) is 0 Å². The molecule has 0 aromatic heterocycles. The molecule has 0 spiro atoms. The van der Waals surface area contributed by atoms with Crippen LogP contribution in [0.15, 0.2) is 0 Å². The van der Waals surface area contributed by atoms with Gasteiger partial charge in [0.1, 0.15) is 0 Å². The molecule has 1 heterocycles. The van der Waals surface area contributed by atoms with Crippen LogP contribution in [0.2, 0.25) is 0 Å². The van der Waals surface area contributed by atoms with Gasteiger partial charge >= 0.3 is 0 Å². The molecule has 2 rings (SSSR count). The molecular formula is C14H28N2O. The van der Waals surface area contributed by atoms with E-state index in [0.29, 0.717) is 6.04 Å². The van der Waals surface area contributed by atoms with Gasteiger partial charge in [-0.2, -0.15) is 0 Å². The van der Waals surface area contributed by atoms with E-state index < -0.39 is 0 Å². The molecule has 17 heavy (non-hydrogen) atoms. The zero-order chi connectivity index (χ0) is 12.1. The van der Waals surface area contributed by atoms with Gasteiger partial charge in [-0.3, -0.25) is 4.90 Å². The van der Waals surface area contributed by atoms with Gasteiger partial charge in [-0.25, -0.2) is 0 Å². The molecule has 0 amide bonds. The highest BCUT2D eigenvalue weighted by Gasteiger charge is 2.23. The summed E-state index contributed by atoms with van der Waals surface area (Å²) < 4.78 is 5.39. The number of rotatable bonds is 4. The van der Waals surface area contributed by atoms with Gasteiger partial charge in [0.15, 0.2) is 0 Å². The average molecular weight is 240 g/mol. The summed E-state index contributed by atoms with van der Waals surface area (Å²) in [6.07, 6.45) is 5.61. The zero-order valence-electron chi connectivity index (χ0n) is 11.5. The molecule has 2 aliphatic rings. The highest BCUT2D eigenvalue weighted by Crippen LogP contribution is 2.24. The Kier molecular flexibility index (Phi) is 5.26. The van der Waals surface area contributed by atoms with Gasteiger partial charge in [-0.1, -0.05) is 19.8 Å². The average Bonchev–Trinajstić information content (AvgIpc) is 2.33. The van der Waals surface area contributed by atoms with Crippen LogP contribution < -0.4 is 5.32 Å². The fraction of sp³-hybridized carbons (Fsp3) is 1.00. The molecule has 0 aromatic carbocycles. The van der Waals surface area contributed by atoms with Gasteiger partial charge in [0.25, 0.3) is 0 Å². The first kappa shape index (κ1) is 13.3. The third-order valence-electron chi connectivity index (χ3n) is 4.25. The van der Waals surface area contributed by atoms with E-state index >= 15 is 0 Å². The molecule has 2 fully saturated rings. The minimum absolute atomic E-state index is 0.610. The summed E-state index contributed by atoms with van der Waals surface area (Å²) in [5, 5.41) is 3.83. The van der Waals surface area contributed by atoms with Crippen molar-refractivity contribution in [3.63, 3.8) is 0 Å². The molecular weight excluding hydrogens is 212 g/mol. The van der Waals surface area contributed by atoms with E-state index in [0.717, 1.165) is 38.3 Å². The van der Waals surface area contributed by atoms with Crippen molar-refractivity contribution in [1.82, 2.24) is 10.2 Å². The van der Waals surface area contributed by atoms with Gasteiger partial charge in [-0.05, 0) is 25.7 Å². The first-order chi connectivity index (χ1) is 8.25. The van der Waals surface area contributed by atoms with Crippen LogP contribution in [-0.4, -0.2) is 49.8 Å². The maximum absolute atomic E-state index is 5.39. The minimum atomic E-state index is 0.610. The minimum Gasteiger partial charge on any atom is -0.379 e. The number of hydrogen-bond acceptors (Lipinski definition) is 3. The smallest absolute Gasteiger partial charge is 0.0594 e. The Bertz CT molecular complexity index is 216. The topological polar surface area (TPSA) is 24.5 Å². The molecule has 0 bridgehead atoms. The molecule has 3 atom stereocenters. The Hall–Kier alpha value is -0.120. The van der Waals surface area contributed by atoms with E-state index in [1.165, 1.54) is 32.2 Å². The van der Waals surface area contributed by atoms with E-state index in [1.54, 1.807) is 0 Å². The van der Waals surface area contributed by atoms with Crippen LogP contribution in [0.5, 0.6) is 0 Å². The van der Waals surface area contributed by atoms with Crippen molar-refractivity contribution in [2.24, 2.45) is 5.92 Å². The lowest BCUT2D eigenvalue weighted by Gasteiger charge is -2.35. The van der Waals surface area contributed by atoms with E-state index in [2.05, 4.69) is 24.1 Å². The normalized spacial score (nSPS) is 33.5. The maximum Gasteiger partial charge on any atom is 0.0594 e. The quantitative estimate of drug-likeness (QED) is 0.812. The van der Waals surface area contributed by atoms with Crippen LogP contribution in [0.4, 0.5) is 0 Å². The summed E-state index contributed by atoms with van der Waals surface area (Å²) >= 11 is 0. The Morgan fingerprint density at radius 3 is 2.65 bits per heavy atom. The van der Waals surface area contributed by atoms with Crippen LogP contribution in [-0.2, 0) is 4.74 Å². The molecule has 1 saturated carbocycles. The van der Waals surface area contributed by atoms with Gasteiger partial charge < -0.3 is 10.1 Å². The van der Waals surface area contributed by atoms with Crippen LogP contribution in [0.25, 0.3) is 0 Å². The highest BCUT2D eigenvalue weighted by molar-refractivity contribution is 4.81. The molecule has 1 aliphatic heterocycles. The lowest BCUT2D eigenvalue weighted by Crippen LogP contribution is -2.49. The molecule has 3 heteroatoms. The third-order valence-corrected chi connectivity index (χ3v) is 4.25. The second-order valence-electron chi connectivity index (χ2n) is 5.85. The van der Waals surface area contributed by atoms with Crippen molar-refractivity contribution in [2.75, 3.05) is 32.8 Å². The maximum atomic E-state index is 5.39. The van der Waals surface area contributed by atoms with Crippen molar-refractivity contribution in [2.45, 2.75) is 51.6 Å². The monoisotopic (exact) mass is 240 g/mol. The lowest BCUT2D eigenvalue weighted by atomic mass is 9.85. The largest absolute Gasteiger partial charge is 0.379 e. The second kappa shape index (κ2) is 6.72. The first-order valence-electron chi connectivity index (χ1n) is 7.32. The van der Waals surface area contributed by atoms with Crippen LogP contribution >= 0.6 is 0 Å². The summed E-state index contributed by atoms with van der Waals surface area (Å²) in [5.41, 5.74) is 0. The van der Waals surface area contributed by atoms with Crippen molar-refractivity contribution in [3.05, 3.63) is 0 Å². The van der Waals surface area contributed by atoms with Crippen LogP contribution in [0.3, 0.4) is 0 Å². The van der Waals surface area contributed by atoms with Gasteiger partial charge in [-0.15, -0.1) is 0 Å². The van der Waals surface area contributed by atoms with Gasteiger partial charge in [0.05, 0.1) is 13.2 Å². The molecule has 3 nitrogen and oxygen atoms in total. The molecule has 100 valence electrons. The van der Waals surface area contributed by atoms with Crippen molar-refractivity contribution < 1.29 is 4.74 Å². The molecule has 1 saturated heterocycles. The van der Waals surface area contributed by atoms with Crippen molar-refractivity contribution >= 4 is 0 Å². The number of nitrogens with one attached hydrogen (secondary N) is 1. The standard InChI is InChI=1S/C14H28N2O/c1-12-5-3-4-6-14(12)15-13(2)11-16-7-9-17-10-8-16/h12-15H,3-11H2,1-2H3. The molecule has 0 radical (unpaired) electrons. The van der Waals surface area contributed by atoms with E-state index in [9.17, 15) is 0 Å². The molecule has 1 N–H and O–H groups in total. The highest BCUT2D eigenvalue weighted by atomic mass is 16.5. The fourth-order valence-corrected chi connectivity index (χ4v) is 3.15. The summed E-state index contributed by atoms with van der Waals surface area (Å²) in [4.78, 5) is 2.52. The van der Waals surface area contributed by atoms with E-state index in [4.69, 9.17) is 4.74 Å². The number of nitrogens with zero attached hydrogens (tertiary/aromatic N) is 1. The number of morpholine rings is 1. The SMILES string of the molecule is CC(CN1CCOCC1)NC1CCCCC1C. The van der Waals surface area contributed by atoms with Crippen molar-refractivity contribution in [3.8, 4) is 0 Å². The third kappa shape index (κ3) is 4.23. The zero-order valence-corrected chi connectivity index (χ0v) is 11.5. The van der Waals surface area contributed by atoms with Gasteiger partial charge in [0, 0.05) is 31.7 Å². The predicted octanol–water partition coefficient (Wildman–Crippen LogP) is 1.88. The van der Waals surface area contributed by atoms with E-state index in [1.807, 2.05) is 0 Å². The van der Waals surface area contributed by atoms with Crippen LogP contribution in [0, 0.1) is 5.92 Å². The summed E-state index contributed by atoms with van der Waals surface area (Å²) in [5.74, 6) is 0.857. The Morgan fingerprint density at radius 2 is 1.94 bits per heavy atom. The Morgan fingerprint density at radius 1 is 1.24 bits per heavy atom. The fourth-order valence-electron chi connectivity index (χ4n) is 3.15. The summed E-state index contributed by atoms with van der Waals surface area (Å²) in [7, 11) is 0. The number of hydrogen-bond donors (Lipinski definition) is 1. The lowest BCUT2D eigenvalue weighted by molar-refractivity contribution is 0.0331. The van der Waals surface area contributed by atoms with Crippen LogP contribution in [0.1, 0.15) is 39.5 Å². The molecule has 3 unspecified atom stereocenters. The molecule has 0 aromatic rings. The number of ether oxygens (including phenoxy) is 1. The van der Waals surface area contributed by atoms with Gasteiger partial charge in [0.2, 0.25) is 0 Å². The predicted molar refractivity (Wildman–Crippen MR) is 71.3 cm³/mol. The van der Waals surface area contributed by atoms with Crippen molar-refractivity contribution in [1.29, 1.82) is 0 Å². The second-order valence-corrected chi connectivity index (χ2v) is 5.85. The summed E-state index contributed by atoms with van der Waals surface area (Å²) in [6.45, 7) is 9.93. The Labute approximate surface area is 106 Å². The first-order valence-corrected chi connectivity index (χ1v) is 7.32. The summed E-state index contributed by atoms with van der Waals surface area (Å²) in [6, 6.07) is 1.36.